The van der Waals surface area contributed by atoms with E-state index in [0.717, 1.165) is 19.4 Å². The van der Waals surface area contributed by atoms with Crippen molar-refractivity contribution in [1.82, 2.24) is 30.5 Å². The van der Waals surface area contributed by atoms with Crippen LogP contribution in [0.25, 0.3) is 0 Å². The average Bonchev–Trinajstić information content (AvgIpc) is 3.28. The number of likely N-dealkylation sites (tertiary alicyclic amines) is 1. The van der Waals surface area contributed by atoms with E-state index in [4.69, 9.17) is 0 Å². The maximum Gasteiger partial charge on any atom is 0.317 e. The number of urea groups is 1. The third-order valence-corrected chi connectivity index (χ3v) is 5.45. The Balaban J connectivity index is 1.23. The number of aromatic nitrogens is 3. The standard InChI is InChI=1S/C17H26N6O2/c24-16(18-8-12-6-7-12)15-11-23(21-20-15)14-9-22(10-14)17(25)19-13-4-2-1-3-5-13/h11-14H,1-10H2,(H,18,24)(H,19,25). The van der Waals surface area contributed by atoms with Gasteiger partial charge in [0.25, 0.3) is 5.91 Å². The molecule has 3 amide bonds. The first-order chi connectivity index (χ1) is 12.2. The first-order valence-electron chi connectivity index (χ1n) is 9.44. The summed E-state index contributed by atoms with van der Waals surface area (Å²) in [5.41, 5.74) is 0.353. The largest absolute Gasteiger partial charge is 0.350 e. The highest BCUT2D eigenvalue weighted by Gasteiger charge is 2.34. The van der Waals surface area contributed by atoms with Gasteiger partial charge in [0.1, 0.15) is 0 Å². The molecular weight excluding hydrogens is 320 g/mol. The van der Waals surface area contributed by atoms with Crippen molar-refractivity contribution >= 4 is 11.9 Å². The SMILES string of the molecule is O=C(NCC1CC1)c1cn(C2CN(C(=O)NC3CCCCC3)C2)nn1. The lowest BCUT2D eigenvalue weighted by Crippen LogP contribution is -2.56. The zero-order valence-electron chi connectivity index (χ0n) is 14.5. The lowest BCUT2D eigenvalue weighted by molar-refractivity contribution is 0.0946. The summed E-state index contributed by atoms with van der Waals surface area (Å²) < 4.78 is 1.70. The summed E-state index contributed by atoms with van der Waals surface area (Å²) in [6, 6.07) is 0.452. The minimum atomic E-state index is -0.163. The van der Waals surface area contributed by atoms with Crippen LogP contribution < -0.4 is 10.6 Å². The van der Waals surface area contributed by atoms with E-state index in [9.17, 15) is 9.59 Å². The van der Waals surface area contributed by atoms with Crippen LogP contribution in [0.5, 0.6) is 0 Å². The zero-order valence-corrected chi connectivity index (χ0v) is 14.5. The normalized spacial score (nSPS) is 21.7. The third-order valence-electron chi connectivity index (χ3n) is 5.45. The van der Waals surface area contributed by atoms with Crippen molar-refractivity contribution in [3.8, 4) is 0 Å². The van der Waals surface area contributed by atoms with Gasteiger partial charge in [-0.15, -0.1) is 5.10 Å². The van der Waals surface area contributed by atoms with Crippen molar-refractivity contribution in [2.45, 2.75) is 57.0 Å². The minimum absolute atomic E-state index is 0.0191. The lowest BCUT2D eigenvalue weighted by Gasteiger charge is -2.39. The highest BCUT2D eigenvalue weighted by atomic mass is 16.2. The van der Waals surface area contributed by atoms with Gasteiger partial charge in [-0.3, -0.25) is 4.79 Å². The Morgan fingerprint density at radius 3 is 2.60 bits per heavy atom. The summed E-state index contributed by atoms with van der Waals surface area (Å²) in [4.78, 5) is 26.1. The van der Waals surface area contributed by atoms with Gasteiger partial charge < -0.3 is 15.5 Å². The molecule has 3 aliphatic rings. The molecule has 0 radical (unpaired) electrons. The molecule has 1 saturated heterocycles. The fourth-order valence-corrected chi connectivity index (χ4v) is 3.51. The third kappa shape index (κ3) is 3.93. The molecule has 1 aliphatic heterocycles. The number of hydrogen-bond donors (Lipinski definition) is 2. The van der Waals surface area contributed by atoms with Crippen LogP contribution in [-0.4, -0.2) is 57.5 Å². The molecule has 2 saturated carbocycles. The monoisotopic (exact) mass is 346 g/mol. The number of nitrogens with zero attached hydrogens (tertiary/aromatic N) is 4. The van der Waals surface area contributed by atoms with E-state index < -0.39 is 0 Å². The molecular formula is C17H26N6O2. The molecule has 8 nitrogen and oxygen atoms in total. The van der Waals surface area contributed by atoms with Crippen LogP contribution in [0.3, 0.4) is 0 Å². The van der Waals surface area contributed by atoms with Crippen LogP contribution >= 0.6 is 0 Å². The fraction of sp³-hybridized carbons (Fsp3) is 0.765. The molecule has 8 heteroatoms. The molecule has 1 aromatic heterocycles. The Morgan fingerprint density at radius 2 is 1.88 bits per heavy atom. The molecule has 1 aromatic rings. The summed E-state index contributed by atoms with van der Waals surface area (Å²) in [6.07, 6.45) is 9.96. The molecule has 0 unspecified atom stereocenters. The number of carbonyl (C=O) groups is 2. The molecule has 0 spiro atoms. The van der Waals surface area contributed by atoms with Crippen molar-refractivity contribution in [2.75, 3.05) is 19.6 Å². The Morgan fingerprint density at radius 1 is 1.12 bits per heavy atom. The molecule has 2 aliphatic carbocycles. The molecule has 2 N–H and O–H groups in total. The lowest BCUT2D eigenvalue weighted by atomic mass is 9.95. The van der Waals surface area contributed by atoms with Crippen molar-refractivity contribution in [3.63, 3.8) is 0 Å². The van der Waals surface area contributed by atoms with E-state index >= 15 is 0 Å². The topological polar surface area (TPSA) is 92.2 Å². The smallest absolute Gasteiger partial charge is 0.317 e. The van der Waals surface area contributed by atoms with Gasteiger partial charge in [-0.1, -0.05) is 24.5 Å². The Labute approximate surface area is 147 Å². The fourth-order valence-electron chi connectivity index (χ4n) is 3.51. The van der Waals surface area contributed by atoms with Crippen LogP contribution in [0.15, 0.2) is 6.20 Å². The van der Waals surface area contributed by atoms with Gasteiger partial charge in [-0.2, -0.15) is 0 Å². The van der Waals surface area contributed by atoms with Crippen LogP contribution in [0, 0.1) is 5.92 Å². The van der Waals surface area contributed by atoms with Gasteiger partial charge in [0.15, 0.2) is 5.69 Å². The molecule has 0 bridgehead atoms. The van der Waals surface area contributed by atoms with Gasteiger partial charge in [0.2, 0.25) is 0 Å². The molecule has 0 atom stereocenters. The first-order valence-corrected chi connectivity index (χ1v) is 9.44. The van der Waals surface area contributed by atoms with Crippen molar-refractivity contribution in [1.29, 1.82) is 0 Å². The van der Waals surface area contributed by atoms with Crippen molar-refractivity contribution in [2.24, 2.45) is 5.92 Å². The second-order valence-corrected chi connectivity index (χ2v) is 7.58. The maximum absolute atomic E-state index is 12.2. The number of amides is 3. The quantitative estimate of drug-likeness (QED) is 0.841. The molecule has 0 aromatic carbocycles. The minimum Gasteiger partial charge on any atom is -0.350 e. The molecule has 136 valence electrons. The Kier molecular flexibility index (Phi) is 4.59. The van der Waals surface area contributed by atoms with Crippen molar-refractivity contribution in [3.05, 3.63) is 11.9 Å². The van der Waals surface area contributed by atoms with Gasteiger partial charge >= 0.3 is 6.03 Å². The van der Waals surface area contributed by atoms with Gasteiger partial charge in [-0.25, -0.2) is 9.48 Å². The van der Waals surface area contributed by atoms with Crippen LogP contribution in [0.1, 0.15) is 61.5 Å². The van der Waals surface area contributed by atoms with E-state index in [-0.39, 0.29) is 18.0 Å². The van der Waals surface area contributed by atoms with E-state index in [2.05, 4.69) is 20.9 Å². The predicted molar refractivity (Wildman–Crippen MR) is 91.1 cm³/mol. The predicted octanol–water partition coefficient (Wildman–Crippen LogP) is 1.32. The Bertz CT molecular complexity index is 629. The maximum atomic E-state index is 12.2. The van der Waals surface area contributed by atoms with Crippen LogP contribution in [0.4, 0.5) is 4.79 Å². The van der Waals surface area contributed by atoms with Crippen molar-refractivity contribution < 1.29 is 9.59 Å². The molecule has 4 rings (SSSR count). The number of carbonyl (C=O) groups excluding carboxylic acids is 2. The average molecular weight is 346 g/mol. The second-order valence-electron chi connectivity index (χ2n) is 7.58. The summed E-state index contributed by atoms with van der Waals surface area (Å²) in [5.74, 6) is 0.478. The summed E-state index contributed by atoms with van der Waals surface area (Å²) in [7, 11) is 0. The summed E-state index contributed by atoms with van der Waals surface area (Å²) in [6.45, 7) is 1.96. The Hall–Kier alpha value is -2.12. The van der Waals surface area contributed by atoms with E-state index in [1.165, 1.54) is 32.1 Å². The molecule has 2 heterocycles. The molecule has 3 fully saturated rings. The van der Waals surface area contributed by atoms with Crippen LogP contribution in [-0.2, 0) is 0 Å². The number of hydrogen-bond acceptors (Lipinski definition) is 4. The van der Waals surface area contributed by atoms with E-state index in [1.54, 1.807) is 15.8 Å². The number of rotatable bonds is 5. The first kappa shape index (κ1) is 16.4. The van der Waals surface area contributed by atoms with Gasteiger partial charge in [-0.05, 0) is 31.6 Å². The zero-order chi connectivity index (χ0) is 17.2. The van der Waals surface area contributed by atoms with Gasteiger partial charge in [0, 0.05) is 25.7 Å². The number of nitrogens with one attached hydrogen (secondary N) is 2. The highest BCUT2D eigenvalue weighted by molar-refractivity contribution is 5.91. The van der Waals surface area contributed by atoms with Crippen LogP contribution in [0.2, 0.25) is 0 Å². The van der Waals surface area contributed by atoms with E-state index in [0.29, 0.717) is 30.7 Å². The van der Waals surface area contributed by atoms with Gasteiger partial charge in [0.05, 0.1) is 12.2 Å². The van der Waals surface area contributed by atoms with E-state index in [1.807, 2.05) is 0 Å². The summed E-state index contributed by atoms with van der Waals surface area (Å²) in [5, 5.41) is 14.0. The second kappa shape index (κ2) is 7.01. The molecule has 25 heavy (non-hydrogen) atoms. The highest BCUT2D eigenvalue weighted by Crippen LogP contribution is 2.27. The summed E-state index contributed by atoms with van der Waals surface area (Å²) >= 11 is 0.